The number of aliphatic imine (C=N–C) groups is 1. The van der Waals surface area contributed by atoms with Gasteiger partial charge in [0, 0.05) is 6.42 Å². The van der Waals surface area contributed by atoms with E-state index < -0.39 is 151 Å². The average molecular weight is 1130 g/mol. The number of esters is 1. The van der Waals surface area contributed by atoms with E-state index in [9.17, 15) is 57.8 Å². The number of carbonyl (C=O) groups is 11. The van der Waals surface area contributed by atoms with E-state index in [4.69, 9.17) is 16.2 Å². The van der Waals surface area contributed by atoms with E-state index in [-0.39, 0.29) is 43.1 Å². The van der Waals surface area contributed by atoms with Crippen molar-refractivity contribution < 1.29 is 62.6 Å². The zero-order valence-electron chi connectivity index (χ0n) is 48.2. The van der Waals surface area contributed by atoms with Crippen molar-refractivity contribution in [1.82, 2.24) is 53.2 Å². The topological polar surface area (TPSA) is 402 Å². The van der Waals surface area contributed by atoms with Gasteiger partial charge in [0.25, 0.3) is 0 Å². The van der Waals surface area contributed by atoms with Crippen molar-refractivity contribution in [3.8, 4) is 0 Å². The molecule has 1 aliphatic rings. The summed E-state index contributed by atoms with van der Waals surface area (Å²) in [6, 6.07) is -0.563. The van der Waals surface area contributed by atoms with E-state index >= 15 is 0 Å². The number of nitrogens with zero attached hydrogens (tertiary/aromatic N) is 1. The molecule has 26 nitrogen and oxygen atoms in total. The standard InChI is InChI=1S/C54H89N13O13/c1-12-28(5)32(9)53(79)80-34(11)45(52(78)60-33(10)47(73)62-37(46(55)72)23-36-24-59-54(56)61-36)67-48(74)38(27-68)63-50(76)44(31(8)15-4)66-51(77)43(30(7)14-3)65-41(71)26-57-40(70)25-58-49(75)42(29(6)13-2)64-39(69)22-21-35-19-17-16-18-20-35/h16-20,28-34,36-38,42-45,68H,12-15,21-27H2,1-11H3,(H2,55,72)(H,57,70)(H,58,75)(H,60,78)(H,62,73)(H,63,76)(H,64,69)(H,65,71)(H,66,77)(H,67,74)(H3,56,59,61). The largest absolute Gasteiger partial charge is 0.460 e. The lowest BCUT2D eigenvalue weighted by atomic mass is 9.94. The maximum absolute atomic E-state index is 14.1. The molecular formula is C54H89N13O13. The lowest BCUT2D eigenvalue weighted by Gasteiger charge is -2.31. The van der Waals surface area contributed by atoms with Gasteiger partial charge >= 0.3 is 5.97 Å². The molecule has 0 radical (unpaired) electrons. The lowest BCUT2D eigenvalue weighted by Crippen LogP contribution is -2.63. The number of nitrogens with one attached hydrogen (secondary N) is 10. The zero-order chi connectivity index (χ0) is 60.4. The summed E-state index contributed by atoms with van der Waals surface area (Å²) in [5, 5.41) is 36.0. The average Bonchev–Trinajstić information content (AvgIpc) is 3.86. The summed E-state index contributed by atoms with van der Waals surface area (Å²) in [4.78, 5) is 151. The number of amides is 10. The molecule has 14 unspecified atom stereocenters. The molecule has 0 aromatic heterocycles. The summed E-state index contributed by atoms with van der Waals surface area (Å²) < 4.78 is 5.65. The Kier molecular flexibility index (Phi) is 29.7. The Morgan fingerprint density at radius 3 is 1.64 bits per heavy atom. The highest BCUT2D eigenvalue weighted by molar-refractivity contribution is 5.98. The number of guanidine groups is 1. The third-order valence-corrected chi connectivity index (χ3v) is 14.6. The molecule has 1 aromatic rings. The van der Waals surface area contributed by atoms with Crippen LogP contribution in [0.3, 0.4) is 0 Å². The summed E-state index contributed by atoms with van der Waals surface area (Å²) >= 11 is 0. The monoisotopic (exact) mass is 1130 g/mol. The summed E-state index contributed by atoms with van der Waals surface area (Å²) in [6.45, 7) is 16.5. The first-order chi connectivity index (χ1) is 37.7. The van der Waals surface area contributed by atoms with Gasteiger partial charge in [0.15, 0.2) is 5.96 Å². The Hall–Kier alpha value is -7.38. The minimum Gasteiger partial charge on any atom is -0.460 e. The van der Waals surface area contributed by atoms with E-state index in [2.05, 4.69) is 58.2 Å². The maximum atomic E-state index is 14.1. The number of aliphatic hydroxyl groups is 1. The number of carbonyl (C=O) groups excluding carboxylic acids is 11. The fraction of sp³-hybridized carbons (Fsp3) is 0.667. The number of primary amides is 1. The number of hydrogen-bond donors (Lipinski definition) is 13. The molecule has 1 heterocycles. The van der Waals surface area contributed by atoms with Crippen molar-refractivity contribution in [2.24, 2.45) is 46.0 Å². The first-order valence-corrected chi connectivity index (χ1v) is 27.6. The summed E-state index contributed by atoms with van der Waals surface area (Å²) in [5.41, 5.74) is 12.2. The van der Waals surface area contributed by atoms with E-state index in [1.165, 1.54) is 13.8 Å². The molecule has 26 heteroatoms. The van der Waals surface area contributed by atoms with E-state index in [0.717, 1.165) is 5.56 Å². The second-order valence-electron chi connectivity index (χ2n) is 20.8. The molecule has 10 amide bonds. The van der Waals surface area contributed by atoms with Crippen LogP contribution in [0.5, 0.6) is 0 Å². The summed E-state index contributed by atoms with van der Waals surface area (Å²) in [5.74, 6) is -10.6. The Balaban J connectivity index is 2.19. The van der Waals surface area contributed by atoms with Crippen LogP contribution < -0.4 is 64.6 Å². The van der Waals surface area contributed by atoms with Gasteiger partial charge in [-0.2, -0.15) is 0 Å². The second kappa shape index (κ2) is 34.6. The number of ether oxygens (including phenoxy) is 1. The number of hydrogen-bond acceptors (Lipinski definition) is 16. The molecule has 0 aliphatic carbocycles. The number of rotatable bonds is 35. The van der Waals surface area contributed by atoms with Gasteiger partial charge < -0.3 is 74.5 Å². The van der Waals surface area contributed by atoms with Gasteiger partial charge in [-0.1, -0.05) is 118 Å². The van der Waals surface area contributed by atoms with Gasteiger partial charge in [0.1, 0.15) is 48.4 Å². The van der Waals surface area contributed by atoms with Crippen LogP contribution in [-0.4, -0.2) is 157 Å². The predicted octanol–water partition coefficient (Wildman–Crippen LogP) is -1.83. The zero-order valence-corrected chi connectivity index (χ0v) is 48.2. The van der Waals surface area contributed by atoms with Gasteiger partial charge in [-0.3, -0.25) is 57.7 Å². The van der Waals surface area contributed by atoms with Crippen LogP contribution in [0.4, 0.5) is 0 Å². The van der Waals surface area contributed by atoms with Gasteiger partial charge in [-0.25, -0.2) is 0 Å². The molecular weight excluding hydrogens is 1040 g/mol. The number of aliphatic hydroxyl groups excluding tert-OH is 1. The molecule has 14 atom stereocenters. The molecule has 0 saturated carbocycles. The molecule has 80 heavy (non-hydrogen) atoms. The molecule has 15 N–H and O–H groups in total. The molecule has 1 aliphatic heterocycles. The molecule has 1 aromatic carbocycles. The van der Waals surface area contributed by atoms with Crippen molar-refractivity contribution in [2.75, 3.05) is 26.2 Å². The minimum atomic E-state index is -1.76. The Bertz CT molecular complexity index is 2310. The van der Waals surface area contributed by atoms with Gasteiger partial charge in [-0.15, -0.1) is 0 Å². The van der Waals surface area contributed by atoms with Crippen LogP contribution in [0.1, 0.15) is 120 Å². The second-order valence-corrected chi connectivity index (χ2v) is 20.8. The van der Waals surface area contributed by atoms with Gasteiger partial charge in [-0.05, 0) is 55.9 Å². The fourth-order valence-electron chi connectivity index (χ4n) is 8.13. The summed E-state index contributed by atoms with van der Waals surface area (Å²) in [7, 11) is 0. The van der Waals surface area contributed by atoms with Crippen molar-refractivity contribution in [1.29, 1.82) is 0 Å². The van der Waals surface area contributed by atoms with E-state index in [1.54, 1.807) is 41.5 Å². The van der Waals surface area contributed by atoms with E-state index in [1.807, 2.05) is 51.1 Å². The number of aryl methyl sites for hydroxylation is 1. The summed E-state index contributed by atoms with van der Waals surface area (Å²) in [6.07, 6.45) is 1.13. The van der Waals surface area contributed by atoms with Crippen LogP contribution >= 0.6 is 0 Å². The maximum Gasteiger partial charge on any atom is 0.309 e. The first-order valence-electron chi connectivity index (χ1n) is 27.6. The molecule has 448 valence electrons. The SMILES string of the molecule is CCC(C)C(C)C(=O)OC(C)C(NC(=O)C(CO)NC(=O)C(NC(=O)C(NC(=O)CNC(=O)CNC(=O)C(NC(=O)CCc1ccccc1)C(C)CC)C(C)CC)C(C)CC)C(=O)NC(C)C(=O)NC(CC1CN=C(N)N1)C(N)=O. The fourth-order valence-corrected chi connectivity index (χ4v) is 8.13. The molecule has 0 saturated heterocycles. The van der Waals surface area contributed by atoms with Crippen molar-refractivity contribution >= 4 is 71.0 Å². The molecule has 0 bridgehead atoms. The van der Waals surface area contributed by atoms with Crippen LogP contribution in [-0.2, 0) is 63.9 Å². The Morgan fingerprint density at radius 2 is 1.10 bits per heavy atom. The first kappa shape index (κ1) is 68.7. The number of benzene rings is 1. The minimum absolute atomic E-state index is 0.0179. The van der Waals surface area contributed by atoms with Crippen molar-refractivity contribution in [3.63, 3.8) is 0 Å². The van der Waals surface area contributed by atoms with Crippen LogP contribution in [0.15, 0.2) is 35.3 Å². The third kappa shape index (κ3) is 22.8. The van der Waals surface area contributed by atoms with E-state index in [0.29, 0.717) is 32.1 Å². The highest BCUT2D eigenvalue weighted by Crippen LogP contribution is 2.18. The third-order valence-electron chi connectivity index (χ3n) is 14.6. The molecule has 2 rings (SSSR count). The normalized spacial score (nSPS) is 17.8. The molecule has 0 fully saturated rings. The quantitative estimate of drug-likeness (QED) is 0.0333. The van der Waals surface area contributed by atoms with Gasteiger partial charge in [0.2, 0.25) is 59.1 Å². The van der Waals surface area contributed by atoms with Crippen LogP contribution in [0.25, 0.3) is 0 Å². The number of nitrogens with two attached hydrogens (primary N) is 2. The predicted molar refractivity (Wildman–Crippen MR) is 297 cm³/mol. The molecule has 0 spiro atoms. The van der Waals surface area contributed by atoms with Crippen molar-refractivity contribution in [2.45, 2.75) is 176 Å². The highest BCUT2D eigenvalue weighted by Gasteiger charge is 2.38. The highest BCUT2D eigenvalue weighted by atomic mass is 16.5. The van der Waals surface area contributed by atoms with Crippen LogP contribution in [0.2, 0.25) is 0 Å². The Labute approximate surface area is 469 Å². The van der Waals surface area contributed by atoms with Crippen LogP contribution in [0, 0.1) is 29.6 Å². The van der Waals surface area contributed by atoms with Crippen molar-refractivity contribution in [3.05, 3.63) is 35.9 Å². The lowest BCUT2D eigenvalue weighted by molar-refractivity contribution is -0.158. The smallest absolute Gasteiger partial charge is 0.309 e. The van der Waals surface area contributed by atoms with Gasteiger partial charge in [0.05, 0.1) is 38.2 Å². The Morgan fingerprint density at radius 1 is 0.600 bits per heavy atom.